The minimum absolute atomic E-state index is 0.111. The van der Waals surface area contributed by atoms with Gasteiger partial charge in [-0.1, -0.05) is 41.1 Å². The van der Waals surface area contributed by atoms with E-state index in [1.165, 1.54) is 0 Å². The van der Waals surface area contributed by atoms with Gasteiger partial charge in [-0.05, 0) is 25.5 Å². The normalized spacial score (nSPS) is 14.4. The molecule has 0 bridgehead atoms. The van der Waals surface area contributed by atoms with E-state index in [-0.39, 0.29) is 11.9 Å². The molecule has 0 saturated heterocycles. The summed E-state index contributed by atoms with van der Waals surface area (Å²) in [5.41, 5.74) is 0.740. The molecule has 1 aromatic carbocycles. The molecule has 1 heterocycles. The summed E-state index contributed by atoms with van der Waals surface area (Å²) >= 11 is 3.47. The molecule has 0 radical (unpaired) electrons. The van der Waals surface area contributed by atoms with E-state index in [0.717, 1.165) is 17.4 Å². The predicted octanol–water partition coefficient (Wildman–Crippen LogP) is 3.72. The second-order valence-electron chi connectivity index (χ2n) is 4.54. The maximum atomic E-state index is 12.0. The number of hydrogen-bond acceptors (Lipinski definition) is 2. The third-order valence-electron chi connectivity index (χ3n) is 2.71. The van der Waals surface area contributed by atoms with Crippen LogP contribution in [0.1, 0.15) is 30.8 Å². The highest BCUT2D eigenvalue weighted by molar-refractivity contribution is 9.09. The highest BCUT2D eigenvalue weighted by Gasteiger charge is 2.15. The number of rotatable bonds is 4. The van der Waals surface area contributed by atoms with Gasteiger partial charge in [-0.25, -0.2) is 0 Å². The Morgan fingerprint density at radius 2 is 2.11 bits per heavy atom. The van der Waals surface area contributed by atoms with Crippen LogP contribution < -0.4 is 5.32 Å². The van der Waals surface area contributed by atoms with Gasteiger partial charge in [-0.15, -0.1) is 0 Å². The van der Waals surface area contributed by atoms with Gasteiger partial charge in [0.15, 0.2) is 5.76 Å². The van der Waals surface area contributed by atoms with Crippen molar-refractivity contribution in [3.63, 3.8) is 0 Å². The minimum Gasteiger partial charge on any atom is -0.451 e. The van der Waals surface area contributed by atoms with Crippen LogP contribution in [0.15, 0.2) is 34.7 Å². The number of amides is 1. The van der Waals surface area contributed by atoms with E-state index in [1.54, 1.807) is 6.07 Å². The van der Waals surface area contributed by atoms with Gasteiger partial charge in [-0.2, -0.15) is 0 Å². The van der Waals surface area contributed by atoms with Crippen LogP contribution in [0.3, 0.4) is 0 Å². The van der Waals surface area contributed by atoms with E-state index in [9.17, 15) is 4.79 Å². The standard InChI is InChI=1S/C14H16BrNO2/c1-9(15)7-10(2)16-14(17)13-8-11-5-3-4-6-12(11)18-13/h3-6,8-10H,7H2,1-2H3,(H,16,17). The molecule has 2 atom stereocenters. The average molecular weight is 310 g/mol. The first-order valence-corrected chi connectivity index (χ1v) is 6.91. The van der Waals surface area contributed by atoms with E-state index in [2.05, 4.69) is 28.2 Å². The lowest BCUT2D eigenvalue weighted by Crippen LogP contribution is -2.33. The first-order valence-electron chi connectivity index (χ1n) is 6.00. The molecule has 0 aliphatic rings. The van der Waals surface area contributed by atoms with Gasteiger partial charge in [0.2, 0.25) is 0 Å². The first kappa shape index (κ1) is 13.1. The van der Waals surface area contributed by atoms with Gasteiger partial charge < -0.3 is 9.73 Å². The van der Waals surface area contributed by atoms with Gasteiger partial charge in [0, 0.05) is 16.3 Å². The Hall–Kier alpha value is -1.29. The summed E-state index contributed by atoms with van der Waals surface area (Å²) in [5, 5.41) is 3.87. The molecule has 96 valence electrons. The zero-order valence-corrected chi connectivity index (χ0v) is 12.0. The quantitative estimate of drug-likeness (QED) is 0.875. The Morgan fingerprint density at radius 3 is 2.78 bits per heavy atom. The Kier molecular flexibility index (Phi) is 4.07. The van der Waals surface area contributed by atoms with Crippen LogP contribution in [0.5, 0.6) is 0 Å². The Morgan fingerprint density at radius 1 is 1.39 bits per heavy atom. The molecule has 0 aliphatic heterocycles. The number of carbonyl (C=O) groups excluding carboxylic acids is 1. The largest absolute Gasteiger partial charge is 0.451 e. The number of fused-ring (bicyclic) bond motifs is 1. The fraction of sp³-hybridized carbons (Fsp3) is 0.357. The van der Waals surface area contributed by atoms with Crippen LogP contribution in [0, 0.1) is 0 Å². The van der Waals surface area contributed by atoms with E-state index >= 15 is 0 Å². The van der Waals surface area contributed by atoms with Gasteiger partial charge in [0.1, 0.15) is 5.58 Å². The first-order chi connectivity index (χ1) is 8.56. The molecule has 2 unspecified atom stereocenters. The van der Waals surface area contributed by atoms with Crippen molar-refractivity contribution in [2.45, 2.75) is 31.1 Å². The average Bonchev–Trinajstić information content (AvgIpc) is 2.71. The highest BCUT2D eigenvalue weighted by atomic mass is 79.9. The molecule has 4 heteroatoms. The molecule has 2 rings (SSSR count). The third kappa shape index (κ3) is 3.13. The molecule has 0 spiro atoms. The van der Waals surface area contributed by atoms with Crippen LogP contribution in [0.4, 0.5) is 0 Å². The van der Waals surface area contributed by atoms with Crippen molar-refractivity contribution in [2.75, 3.05) is 0 Å². The van der Waals surface area contributed by atoms with Crippen LogP contribution in [-0.2, 0) is 0 Å². The summed E-state index contributed by atoms with van der Waals surface area (Å²) in [7, 11) is 0. The summed E-state index contributed by atoms with van der Waals surface area (Å²) < 4.78 is 5.51. The fourth-order valence-electron chi connectivity index (χ4n) is 1.93. The zero-order valence-electron chi connectivity index (χ0n) is 10.4. The van der Waals surface area contributed by atoms with Crippen molar-refractivity contribution < 1.29 is 9.21 Å². The van der Waals surface area contributed by atoms with Gasteiger partial charge in [0.25, 0.3) is 5.91 Å². The lowest BCUT2D eigenvalue weighted by Gasteiger charge is -2.13. The zero-order chi connectivity index (χ0) is 13.1. The van der Waals surface area contributed by atoms with Crippen LogP contribution in [-0.4, -0.2) is 16.8 Å². The number of benzene rings is 1. The van der Waals surface area contributed by atoms with Gasteiger partial charge in [-0.3, -0.25) is 4.79 Å². The number of furan rings is 1. The molecule has 0 fully saturated rings. The molecule has 1 amide bonds. The Labute approximate surface area is 115 Å². The molecule has 0 aliphatic carbocycles. The molecule has 18 heavy (non-hydrogen) atoms. The van der Waals surface area contributed by atoms with Crippen molar-refractivity contribution in [1.29, 1.82) is 0 Å². The SMILES string of the molecule is CC(Br)CC(C)NC(=O)c1cc2ccccc2o1. The number of halogens is 1. The van der Waals surface area contributed by atoms with E-state index in [4.69, 9.17) is 4.42 Å². The Bertz CT molecular complexity index is 514. The van der Waals surface area contributed by atoms with Crippen molar-refractivity contribution >= 4 is 32.8 Å². The second kappa shape index (κ2) is 5.57. The molecule has 1 N–H and O–H groups in total. The maximum absolute atomic E-state index is 12.0. The number of hydrogen-bond donors (Lipinski definition) is 1. The smallest absolute Gasteiger partial charge is 0.287 e. The van der Waals surface area contributed by atoms with E-state index in [1.807, 2.05) is 31.2 Å². The molecule has 0 saturated carbocycles. The Balaban J connectivity index is 2.09. The minimum atomic E-state index is -0.160. The summed E-state index contributed by atoms with van der Waals surface area (Å²) in [5.74, 6) is 0.206. The second-order valence-corrected chi connectivity index (χ2v) is 6.10. The number of para-hydroxylation sites is 1. The van der Waals surface area contributed by atoms with Crippen LogP contribution >= 0.6 is 15.9 Å². The lowest BCUT2D eigenvalue weighted by atomic mass is 10.2. The van der Waals surface area contributed by atoms with Crippen molar-refractivity contribution in [2.24, 2.45) is 0 Å². The monoisotopic (exact) mass is 309 g/mol. The van der Waals surface area contributed by atoms with Crippen molar-refractivity contribution in [1.82, 2.24) is 5.32 Å². The third-order valence-corrected chi connectivity index (χ3v) is 3.08. The lowest BCUT2D eigenvalue weighted by molar-refractivity contribution is 0.0913. The molecule has 2 aromatic rings. The van der Waals surface area contributed by atoms with Crippen LogP contribution in [0.2, 0.25) is 0 Å². The number of nitrogens with one attached hydrogen (secondary N) is 1. The van der Waals surface area contributed by atoms with Crippen molar-refractivity contribution in [3.8, 4) is 0 Å². The maximum Gasteiger partial charge on any atom is 0.287 e. The van der Waals surface area contributed by atoms with Gasteiger partial charge >= 0.3 is 0 Å². The molecule has 3 nitrogen and oxygen atoms in total. The fourth-order valence-corrected chi connectivity index (χ4v) is 2.50. The van der Waals surface area contributed by atoms with Crippen LogP contribution in [0.25, 0.3) is 11.0 Å². The van der Waals surface area contributed by atoms with Crippen molar-refractivity contribution in [3.05, 3.63) is 36.1 Å². The molecule has 1 aromatic heterocycles. The van der Waals surface area contributed by atoms with Gasteiger partial charge in [0.05, 0.1) is 0 Å². The number of alkyl halides is 1. The summed E-state index contributed by atoms with van der Waals surface area (Å²) in [6.45, 7) is 4.04. The summed E-state index contributed by atoms with van der Waals surface area (Å²) in [6, 6.07) is 9.49. The molecular formula is C14H16BrNO2. The van der Waals surface area contributed by atoms with E-state index < -0.39 is 0 Å². The predicted molar refractivity (Wildman–Crippen MR) is 76.1 cm³/mol. The van der Waals surface area contributed by atoms with E-state index in [0.29, 0.717) is 10.6 Å². The number of carbonyl (C=O) groups is 1. The molecular weight excluding hydrogens is 294 g/mol. The summed E-state index contributed by atoms with van der Waals surface area (Å²) in [4.78, 5) is 12.4. The topological polar surface area (TPSA) is 42.2 Å². The summed E-state index contributed by atoms with van der Waals surface area (Å²) in [6.07, 6.45) is 0.881. The highest BCUT2D eigenvalue weighted by Crippen LogP contribution is 2.19.